The van der Waals surface area contributed by atoms with Gasteiger partial charge >= 0.3 is 6.03 Å². The molecule has 0 aromatic carbocycles. The number of likely N-dealkylation sites (tertiary alicyclic amines) is 1. The van der Waals surface area contributed by atoms with E-state index in [1.54, 1.807) is 7.11 Å². The number of nitrogens with two attached hydrogens (primary N) is 1. The predicted molar refractivity (Wildman–Crippen MR) is 71.6 cm³/mol. The van der Waals surface area contributed by atoms with Crippen molar-refractivity contribution in [2.75, 3.05) is 46.4 Å². The lowest BCUT2D eigenvalue weighted by Crippen LogP contribution is -2.43. The number of nitrogens with one attached hydrogen (secondary N) is 2. The number of urea groups is 1. The van der Waals surface area contributed by atoms with Gasteiger partial charge in [0.1, 0.15) is 0 Å². The van der Waals surface area contributed by atoms with Gasteiger partial charge in [0.25, 0.3) is 0 Å². The lowest BCUT2D eigenvalue weighted by atomic mass is 9.97. The van der Waals surface area contributed by atoms with Crippen LogP contribution in [0.4, 0.5) is 4.79 Å². The Balaban J connectivity index is 2.09. The van der Waals surface area contributed by atoms with Crippen molar-refractivity contribution in [3.05, 3.63) is 0 Å². The first-order chi connectivity index (χ1) is 9.11. The van der Waals surface area contributed by atoms with Gasteiger partial charge in [-0.1, -0.05) is 0 Å². The Kier molecular flexibility index (Phi) is 7.20. The molecule has 0 aliphatic carbocycles. The summed E-state index contributed by atoms with van der Waals surface area (Å²) in [5.41, 5.74) is 4.89. The number of carbonyl (C=O) groups is 2. The molecule has 7 heteroatoms. The van der Waals surface area contributed by atoms with Crippen LogP contribution in [0.25, 0.3) is 0 Å². The van der Waals surface area contributed by atoms with Crippen LogP contribution in [0.5, 0.6) is 0 Å². The van der Waals surface area contributed by atoms with E-state index >= 15 is 0 Å². The van der Waals surface area contributed by atoms with Crippen LogP contribution in [0.1, 0.15) is 12.8 Å². The SMILES string of the molecule is COCCN1CCC(CNC(=O)CNC(N)=O)CC1. The zero-order chi connectivity index (χ0) is 14.1. The molecule has 1 heterocycles. The standard InChI is InChI=1S/C12H24N4O3/c1-19-7-6-16-4-2-10(3-5-16)8-14-11(17)9-15-12(13)18/h10H,2-9H2,1H3,(H,14,17)(H3,13,15,18). The fourth-order valence-corrected chi connectivity index (χ4v) is 2.12. The molecule has 0 radical (unpaired) electrons. The first-order valence-electron chi connectivity index (χ1n) is 6.63. The van der Waals surface area contributed by atoms with Gasteiger partial charge in [0.05, 0.1) is 13.2 Å². The zero-order valence-corrected chi connectivity index (χ0v) is 11.5. The highest BCUT2D eigenvalue weighted by molar-refractivity contribution is 5.83. The number of primary amides is 1. The van der Waals surface area contributed by atoms with E-state index in [0.717, 1.165) is 39.1 Å². The van der Waals surface area contributed by atoms with E-state index in [9.17, 15) is 9.59 Å². The number of amides is 3. The number of rotatable bonds is 7. The normalized spacial score (nSPS) is 17.1. The minimum atomic E-state index is -0.679. The fraction of sp³-hybridized carbons (Fsp3) is 0.833. The number of methoxy groups -OCH3 is 1. The lowest BCUT2D eigenvalue weighted by molar-refractivity contribution is -0.120. The van der Waals surface area contributed by atoms with E-state index in [0.29, 0.717) is 12.5 Å². The molecular formula is C12H24N4O3. The summed E-state index contributed by atoms with van der Waals surface area (Å²) < 4.78 is 5.05. The third-order valence-corrected chi connectivity index (χ3v) is 3.33. The predicted octanol–water partition coefficient (Wildman–Crippen LogP) is -0.871. The molecule has 19 heavy (non-hydrogen) atoms. The number of carbonyl (C=O) groups excluding carboxylic acids is 2. The fourth-order valence-electron chi connectivity index (χ4n) is 2.12. The van der Waals surface area contributed by atoms with Crippen molar-refractivity contribution >= 4 is 11.9 Å². The van der Waals surface area contributed by atoms with E-state index in [-0.39, 0.29) is 12.5 Å². The molecule has 1 rings (SSSR count). The van der Waals surface area contributed by atoms with Gasteiger partial charge in [0, 0.05) is 20.2 Å². The number of ether oxygens (including phenoxy) is 1. The molecule has 0 spiro atoms. The van der Waals surface area contributed by atoms with Crippen LogP contribution in [-0.2, 0) is 9.53 Å². The Morgan fingerprint density at radius 2 is 2.00 bits per heavy atom. The second kappa shape index (κ2) is 8.71. The molecule has 0 unspecified atom stereocenters. The van der Waals surface area contributed by atoms with Crippen LogP contribution in [-0.4, -0.2) is 63.3 Å². The molecule has 1 aliphatic heterocycles. The summed E-state index contributed by atoms with van der Waals surface area (Å²) >= 11 is 0. The van der Waals surface area contributed by atoms with Gasteiger partial charge in [0.15, 0.2) is 0 Å². The summed E-state index contributed by atoms with van der Waals surface area (Å²) in [6, 6.07) is -0.679. The van der Waals surface area contributed by atoms with Crippen molar-refractivity contribution in [3.63, 3.8) is 0 Å². The van der Waals surface area contributed by atoms with E-state index in [2.05, 4.69) is 15.5 Å². The molecule has 0 bridgehead atoms. The van der Waals surface area contributed by atoms with Gasteiger partial charge in [0.2, 0.25) is 5.91 Å². The molecule has 0 aromatic heterocycles. The number of nitrogens with zero attached hydrogens (tertiary/aromatic N) is 1. The summed E-state index contributed by atoms with van der Waals surface area (Å²) in [5, 5.41) is 5.08. The lowest BCUT2D eigenvalue weighted by Gasteiger charge is -2.31. The van der Waals surface area contributed by atoms with E-state index in [1.807, 2.05) is 0 Å². The smallest absolute Gasteiger partial charge is 0.312 e. The summed E-state index contributed by atoms with van der Waals surface area (Å²) in [6.45, 7) is 4.44. The van der Waals surface area contributed by atoms with Gasteiger partial charge in [-0.25, -0.2) is 4.79 Å². The van der Waals surface area contributed by atoms with Gasteiger partial charge < -0.3 is 26.0 Å². The maximum Gasteiger partial charge on any atom is 0.312 e. The molecule has 110 valence electrons. The molecule has 0 atom stereocenters. The largest absolute Gasteiger partial charge is 0.383 e. The van der Waals surface area contributed by atoms with Crippen LogP contribution < -0.4 is 16.4 Å². The molecule has 3 amide bonds. The van der Waals surface area contributed by atoms with Crippen molar-refractivity contribution in [2.45, 2.75) is 12.8 Å². The summed E-state index contributed by atoms with van der Waals surface area (Å²) in [5.74, 6) is 0.317. The van der Waals surface area contributed by atoms with Crippen LogP contribution in [0.2, 0.25) is 0 Å². The first-order valence-corrected chi connectivity index (χ1v) is 6.63. The average molecular weight is 272 g/mol. The minimum absolute atomic E-state index is 0.0536. The molecule has 4 N–H and O–H groups in total. The summed E-state index contributed by atoms with van der Waals surface area (Å²) in [4.78, 5) is 24.2. The van der Waals surface area contributed by atoms with Gasteiger partial charge in [-0.05, 0) is 31.8 Å². The highest BCUT2D eigenvalue weighted by Gasteiger charge is 2.19. The van der Waals surface area contributed by atoms with Crippen LogP contribution in [0.3, 0.4) is 0 Å². The first kappa shape index (κ1) is 15.7. The van der Waals surface area contributed by atoms with Crippen LogP contribution in [0, 0.1) is 5.92 Å². The second-order valence-corrected chi connectivity index (χ2v) is 4.80. The molecule has 7 nitrogen and oxygen atoms in total. The molecule has 1 saturated heterocycles. The monoisotopic (exact) mass is 272 g/mol. The Morgan fingerprint density at radius 3 is 2.58 bits per heavy atom. The van der Waals surface area contributed by atoms with E-state index in [1.165, 1.54) is 0 Å². The number of hydrogen-bond acceptors (Lipinski definition) is 4. The van der Waals surface area contributed by atoms with Crippen molar-refractivity contribution in [1.82, 2.24) is 15.5 Å². The molecule has 0 saturated carbocycles. The molecular weight excluding hydrogens is 248 g/mol. The summed E-state index contributed by atoms with van der Waals surface area (Å²) in [7, 11) is 1.71. The van der Waals surface area contributed by atoms with E-state index < -0.39 is 6.03 Å². The van der Waals surface area contributed by atoms with Crippen molar-refractivity contribution < 1.29 is 14.3 Å². The molecule has 0 aromatic rings. The van der Waals surface area contributed by atoms with Crippen molar-refractivity contribution in [1.29, 1.82) is 0 Å². The van der Waals surface area contributed by atoms with Gasteiger partial charge in [-0.15, -0.1) is 0 Å². The highest BCUT2D eigenvalue weighted by atomic mass is 16.5. The molecule has 1 fully saturated rings. The van der Waals surface area contributed by atoms with Crippen molar-refractivity contribution in [3.8, 4) is 0 Å². The Hall–Kier alpha value is -1.34. The van der Waals surface area contributed by atoms with Crippen LogP contribution >= 0.6 is 0 Å². The van der Waals surface area contributed by atoms with Gasteiger partial charge in [-0.3, -0.25) is 4.79 Å². The third-order valence-electron chi connectivity index (χ3n) is 3.33. The van der Waals surface area contributed by atoms with E-state index in [4.69, 9.17) is 10.5 Å². The second-order valence-electron chi connectivity index (χ2n) is 4.80. The average Bonchev–Trinajstić information content (AvgIpc) is 2.41. The maximum atomic E-state index is 11.4. The Morgan fingerprint density at radius 1 is 1.32 bits per heavy atom. The summed E-state index contributed by atoms with van der Waals surface area (Å²) in [6.07, 6.45) is 2.15. The Bertz CT molecular complexity index is 291. The van der Waals surface area contributed by atoms with Crippen molar-refractivity contribution in [2.24, 2.45) is 11.7 Å². The Labute approximate surface area is 113 Å². The van der Waals surface area contributed by atoms with Crippen LogP contribution in [0.15, 0.2) is 0 Å². The molecule has 1 aliphatic rings. The quantitative estimate of drug-likeness (QED) is 0.561. The van der Waals surface area contributed by atoms with Gasteiger partial charge in [-0.2, -0.15) is 0 Å². The highest BCUT2D eigenvalue weighted by Crippen LogP contribution is 2.15. The number of piperidine rings is 1. The number of hydrogen-bond donors (Lipinski definition) is 3. The maximum absolute atomic E-state index is 11.4. The minimum Gasteiger partial charge on any atom is -0.383 e. The third kappa shape index (κ3) is 6.97. The topological polar surface area (TPSA) is 96.7 Å². The zero-order valence-electron chi connectivity index (χ0n) is 11.5.